The van der Waals surface area contributed by atoms with Crippen LogP contribution in [0.15, 0.2) is 30.0 Å². The molecule has 0 radical (unpaired) electrons. The molecule has 0 atom stereocenters. The molecule has 0 bridgehead atoms. The number of nitriles is 1. The molecule has 2 rings (SSSR count). The molecule has 28 heavy (non-hydrogen) atoms. The number of amides is 2. The van der Waals surface area contributed by atoms with Crippen LogP contribution in [0.25, 0.3) is 0 Å². The van der Waals surface area contributed by atoms with Crippen LogP contribution in [0.4, 0.5) is 16.2 Å². The number of ether oxygens (including phenoxy) is 1. The zero-order chi connectivity index (χ0) is 20.9. The normalized spacial score (nSPS) is 15.0. The van der Waals surface area contributed by atoms with Gasteiger partial charge < -0.3 is 25.6 Å². The summed E-state index contributed by atoms with van der Waals surface area (Å²) in [6.07, 6.45) is 1.13. The Kier molecular flexibility index (Phi) is 6.75. The summed E-state index contributed by atoms with van der Waals surface area (Å²) in [6, 6.07) is 6.60. The number of carbonyl (C=O) groups is 2. The number of nitrogens with zero attached hydrogens (tertiary/aromatic N) is 3. The maximum atomic E-state index is 12.4. The van der Waals surface area contributed by atoms with E-state index in [1.54, 1.807) is 17.0 Å². The second-order valence-electron chi connectivity index (χ2n) is 7.35. The molecule has 0 unspecified atom stereocenters. The van der Waals surface area contributed by atoms with Gasteiger partial charge in [0.1, 0.15) is 17.2 Å². The number of hydrogen-bond donors (Lipinski definition) is 2. The first kappa shape index (κ1) is 21.4. The zero-order valence-electron chi connectivity index (χ0n) is 16.2. The number of nitrogen functional groups attached to an aromatic ring is 1. The SMILES string of the molecule is CC(C)(C)OC(=O)N1CCN(/C=C(/C#N)C(=O)Nc2ccc(N)c(Cl)c2)CC1. The van der Waals surface area contributed by atoms with Gasteiger partial charge in [-0.3, -0.25) is 4.79 Å². The van der Waals surface area contributed by atoms with Crippen molar-refractivity contribution in [1.82, 2.24) is 9.80 Å². The molecule has 0 saturated carbocycles. The van der Waals surface area contributed by atoms with Crippen molar-refractivity contribution in [3.8, 4) is 6.07 Å². The third-order valence-corrected chi connectivity index (χ3v) is 4.23. The largest absolute Gasteiger partial charge is 0.444 e. The van der Waals surface area contributed by atoms with Crippen LogP contribution in [-0.2, 0) is 9.53 Å². The van der Waals surface area contributed by atoms with E-state index in [-0.39, 0.29) is 11.7 Å². The third kappa shape index (κ3) is 6.06. The van der Waals surface area contributed by atoms with Gasteiger partial charge in [-0.2, -0.15) is 5.26 Å². The van der Waals surface area contributed by atoms with Crippen molar-refractivity contribution in [3.63, 3.8) is 0 Å². The number of carbonyl (C=O) groups excluding carboxylic acids is 2. The number of piperazine rings is 1. The predicted octanol–water partition coefficient (Wildman–Crippen LogP) is 2.82. The van der Waals surface area contributed by atoms with E-state index < -0.39 is 11.5 Å². The smallest absolute Gasteiger partial charge is 0.410 e. The van der Waals surface area contributed by atoms with Gasteiger partial charge in [-0.25, -0.2) is 4.79 Å². The monoisotopic (exact) mass is 405 g/mol. The molecule has 2 amide bonds. The second-order valence-corrected chi connectivity index (χ2v) is 7.76. The van der Waals surface area contributed by atoms with Crippen molar-refractivity contribution in [3.05, 3.63) is 35.0 Å². The Labute approximate surface area is 169 Å². The standard InChI is InChI=1S/C19H24ClN5O3/c1-19(2,3)28-18(27)25-8-6-24(7-9-25)12-13(11-21)17(26)23-14-4-5-16(22)15(20)10-14/h4-5,10,12H,6-9,22H2,1-3H3,(H,23,26)/b13-12-. The second kappa shape index (κ2) is 8.85. The van der Waals surface area contributed by atoms with Crippen LogP contribution in [0.2, 0.25) is 5.02 Å². The van der Waals surface area contributed by atoms with E-state index in [4.69, 9.17) is 22.1 Å². The maximum absolute atomic E-state index is 12.4. The summed E-state index contributed by atoms with van der Waals surface area (Å²) in [4.78, 5) is 27.9. The van der Waals surface area contributed by atoms with Gasteiger partial charge in [-0.1, -0.05) is 11.6 Å². The Balaban J connectivity index is 1.96. The fourth-order valence-corrected chi connectivity index (χ4v) is 2.66. The molecule has 9 heteroatoms. The van der Waals surface area contributed by atoms with Gasteiger partial charge in [0.25, 0.3) is 5.91 Å². The van der Waals surface area contributed by atoms with Crippen molar-refractivity contribution in [2.45, 2.75) is 26.4 Å². The molecular weight excluding hydrogens is 382 g/mol. The molecule has 0 aromatic heterocycles. The van der Waals surface area contributed by atoms with Gasteiger partial charge in [0.15, 0.2) is 0 Å². The van der Waals surface area contributed by atoms with E-state index >= 15 is 0 Å². The Bertz CT molecular complexity index is 818. The summed E-state index contributed by atoms with van der Waals surface area (Å²) in [6.45, 7) is 7.32. The number of halogens is 1. The highest BCUT2D eigenvalue weighted by Crippen LogP contribution is 2.23. The minimum absolute atomic E-state index is 0.0429. The van der Waals surface area contributed by atoms with E-state index in [0.717, 1.165) is 0 Å². The van der Waals surface area contributed by atoms with Crippen LogP contribution in [0.1, 0.15) is 20.8 Å². The first-order valence-corrected chi connectivity index (χ1v) is 9.17. The molecular formula is C19H24ClN5O3. The fraction of sp³-hybridized carbons (Fsp3) is 0.421. The molecule has 1 aliphatic rings. The molecule has 0 aliphatic carbocycles. The number of nitrogens with one attached hydrogen (secondary N) is 1. The lowest BCUT2D eigenvalue weighted by Crippen LogP contribution is -2.48. The van der Waals surface area contributed by atoms with E-state index in [2.05, 4.69) is 5.32 Å². The third-order valence-electron chi connectivity index (χ3n) is 3.90. The summed E-state index contributed by atoms with van der Waals surface area (Å²) in [5.41, 5.74) is 5.90. The Morgan fingerprint density at radius 1 is 1.29 bits per heavy atom. The number of anilines is 2. The molecule has 0 spiro atoms. The Morgan fingerprint density at radius 2 is 1.93 bits per heavy atom. The number of nitrogens with two attached hydrogens (primary N) is 1. The van der Waals surface area contributed by atoms with E-state index in [1.165, 1.54) is 12.3 Å². The summed E-state index contributed by atoms with van der Waals surface area (Å²) in [5, 5.41) is 12.3. The predicted molar refractivity (Wildman–Crippen MR) is 108 cm³/mol. The van der Waals surface area contributed by atoms with Crippen LogP contribution >= 0.6 is 11.6 Å². The van der Waals surface area contributed by atoms with Crippen molar-refractivity contribution in [2.75, 3.05) is 37.2 Å². The van der Waals surface area contributed by atoms with Gasteiger partial charge in [0.05, 0.1) is 10.7 Å². The van der Waals surface area contributed by atoms with Gasteiger partial charge in [0, 0.05) is 38.1 Å². The lowest BCUT2D eigenvalue weighted by atomic mass is 10.2. The van der Waals surface area contributed by atoms with Gasteiger partial charge in [-0.05, 0) is 39.0 Å². The molecule has 1 fully saturated rings. The number of rotatable bonds is 3. The molecule has 1 heterocycles. The van der Waals surface area contributed by atoms with Gasteiger partial charge in [0.2, 0.25) is 0 Å². The average Bonchev–Trinajstić information content (AvgIpc) is 2.61. The molecule has 1 aromatic rings. The zero-order valence-corrected chi connectivity index (χ0v) is 16.9. The van der Waals surface area contributed by atoms with Crippen LogP contribution in [0.3, 0.4) is 0 Å². The summed E-state index contributed by atoms with van der Waals surface area (Å²) >= 11 is 5.94. The highest BCUT2D eigenvalue weighted by Gasteiger charge is 2.25. The van der Waals surface area contributed by atoms with E-state index in [0.29, 0.717) is 42.6 Å². The van der Waals surface area contributed by atoms with Crippen molar-refractivity contribution in [2.24, 2.45) is 0 Å². The minimum atomic E-state index is -0.550. The quantitative estimate of drug-likeness (QED) is 0.454. The Hall–Kier alpha value is -2.92. The Morgan fingerprint density at radius 3 is 2.46 bits per heavy atom. The van der Waals surface area contributed by atoms with Crippen molar-refractivity contribution >= 4 is 35.0 Å². The topological polar surface area (TPSA) is 112 Å². The van der Waals surface area contributed by atoms with E-state index in [1.807, 2.05) is 31.7 Å². The van der Waals surface area contributed by atoms with E-state index in [9.17, 15) is 14.9 Å². The number of hydrogen-bond acceptors (Lipinski definition) is 6. The summed E-state index contributed by atoms with van der Waals surface area (Å²) in [7, 11) is 0. The molecule has 8 nitrogen and oxygen atoms in total. The molecule has 1 saturated heterocycles. The first-order chi connectivity index (χ1) is 13.1. The summed E-state index contributed by atoms with van der Waals surface area (Å²) < 4.78 is 5.35. The van der Waals surface area contributed by atoms with Crippen molar-refractivity contribution in [1.29, 1.82) is 5.26 Å². The lowest BCUT2D eigenvalue weighted by molar-refractivity contribution is -0.112. The van der Waals surface area contributed by atoms with Crippen LogP contribution in [0.5, 0.6) is 0 Å². The molecule has 1 aromatic carbocycles. The summed E-state index contributed by atoms with van der Waals surface area (Å²) in [5.74, 6) is -0.544. The van der Waals surface area contributed by atoms with Crippen LogP contribution < -0.4 is 11.1 Å². The minimum Gasteiger partial charge on any atom is -0.444 e. The average molecular weight is 406 g/mol. The highest BCUT2D eigenvalue weighted by molar-refractivity contribution is 6.33. The van der Waals surface area contributed by atoms with Crippen LogP contribution in [-0.4, -0.2) is 53.6 Å². The molecule has 150 valence electrons. The maximum Gasteiger partial charge on any atom is 0.410 e. The molecule has 1 aliphatic heterocycles. The lowest BCUT2D eigenvalue weighted by Gasteiger charge is -2.35. The van der Waals surface area contributed by atoms with Gasteiger partial charge >= 0.3 is 6.09 Å². The first-order valence-electron chi connectivity index (χ1n) is 8.79. The molecule has 3 N–H and O–H groups in total. The van der Waals surface area contributed by atoms with Crippen LogP contribution in [0, 0.1) is 11.3 Å². The highest BCUT2D eigenvalue weighted by atomic mass is 35.5. The van der Waals surface area contributed by atoms with Gasteiger partial charge in [-0.15, -0.1) is 0 Å². The number of benzene rings is 1. The van der Waals surface area contributed by atoms with Crippen molar-refractivity contribution < 1.29 is 14.3 Å². The fourth-order valence-electron chi connectivity index (χ4n) is 2.48.